The van der Waals surface area contributed by atoms with E-state index in [0.717, 1.165) is 17.0 Å². The number of aromatic amines is 1. The molecular formula is C25H19ClF3N7O4. The summed E-state index contributed by atoms with van der Waals surface area (Å²) in [5.74, 6) is -1.47. The third kappa shape index (κ3) is 6.53. The Labute approximate surface area is 229 Å². The van der Waals surface area contributed by atoms with Crippen molar-refractivity contribution in [1.82, 2.24) is 25.5 Å². The Kier molecular flexibility index (Phi) is 8.00. The van der Waals surface area contributed by atoms with Crippen LogP contribution in [0.3, 0.4) is 0 Å². The van der Waals surface area contributed by atoms with Gasteiger partial charge in [0.05, 0.1) is 16.3 Å². The smallest absolute Gasteiger partial charge is 0.417 e. The van der Waals surface area contributed by atoms with Crippen molar-refractivity contribution in [2.45, 2.75) is 6.18 Å². The van der Waals surface area contributed by atoms with Crippen LogP contribution in [0.15, 0.2) is 60.7 Å². The van der Waals surface area contributed by atoms with E-state index >= 15 is 0 Å². The van der Waals surface area contributed by atoms with Crippen LogP contribution >= 0.6 is 11.6 Å². The monoisotopic (exact) mass is 573 g/mol. The third-order valence-corrected chi connectivity index (χ3v) is 5.90. The van der Waals surface area contributed by atoms with Crippen molar-refractivity contribution >= 4 is 40.9 Å². The molecule has 3 amide bonds. The van der Waals surface area contributed by atoms with Gasteiger partial charge >= 0.3 is 18.2 Å². The highest BCUT2D eigenvalue weighted by Crippen LogP contribution is 2.36. The summed E-state index contributed by atoms with van der Waals surface area (Å²) in [4.78, 5) is 37.0. The van der Waals surface area contributed by atoms with Gasteiger partial charge in [0.1, 0.15) is 6.54 Å². The Morgan fingerprint density at radius 3 is 2.33 bits per heavy atom. The zero-order chi connectivity index (χ0) is 29.0. The fourth-order valence-corrected chi connectivity index (χ4v) is 3.92. The molecule has 40 heavy (non-hydrogen) atoms. The van der Waals surface area contributed by atoms with Gasteiger partial charge in [0, 0.05) is 23.9 Å². The second-order valence-electron chi connectivity index (χ2n) is 8.40. The molecule has 0 fully saturated rings. The van der Waals surface area contributed by atoms with E-state index in [2.05, 4.69) is 31.3 Å². The summed E-state index contributed by atoms with van der Waals surface area (Å²) in [6, 6.07) is 13.4. The molecule has 15 heteroatoms. The lowest BCUT2D eigenvalue weighted by Gasteiger charge is -2.15. The molecule has 1 aromatic heterocycles. The molecule has 3 aromatic carbocycles. The average Bonchev–Trinajstić information content (AvgIpc) is 3.43. The maximum atomic E-state index is 13.2. The maximum Gasteiger partial charge on any atom is 0.417 e. The second kappa shape index (κ2) is 11.4. The minimum atomic E-state index is -4.70. The highest BCUT2D eigenvalue weighted by atomic mass is 35.5. The molecule has 0 bridgehead atoms. The van der Waals surface area contributed by atoms with E-state index in [9.17, 15) is 27.6 Å². The fraction of sp³-hybridized carbons (Fsp3) is 0.120. The number of halogens is 4. The van der Waals surface area contributed by atoms with Gasteiger partial charge in [-0.05, 0) is 58.8 Å². The molecule has 0 aliphatic rings. The van der Waals surface area contributed by atoms with Crippen LogP contribution in [0.25, 0.3) is 22.5 Å². The first kappa shape index (κ1) is 28.0. The van der Waals surface area contributed by atoms with E-state index < -0.39 is 41.2 Å². The highest BCUT2D eigenvalue weighted by molar-refractivity contribution is 6.31. The number of likely N-dealkylation sites (N-methyl/N-ethyl adjacent to an activating group) is 1. The Hall–Kier alpha value is -4.98. The molecule has 0 atom stereocenters. The van der Waals surface area contributed by atoms with Gasteiger partial charge in [-0.25, -0.2) is 4.79 Å². The van der Waals surface area contributed by atoms with Gasteiger partial charge in [0.25, 0.3) is 5.91 Å². The number of aromatic nitrogens is 4. The van der Waals surface area contributed by atoms with Crippen LogP contribution in [0.2, 0.25) is 5.02 Å². The third-order valence-electron chi connectivity index (χ3n) is 5.57. The molecule has 4 aromatic rings. The van der Waals surface area contributed by atoms with Gasteiger partial charge < -0.3 is 20.6 Å². The van der Waals surface area contributed by atoms with E-state index in [1.54, 1.807) is 42.5 Å². The summed E-state index contributed by atoms with van der Waals surface area (Å²) < 4.78 is 39.5. The predicted molar refractivity (Wildman–Crippen MR) is 139 cm³/mol. The summed E-state index contributed by atoms with van der Waals surface area (Å²) in [6.45, 7) is -0.446. The van der Waals surface area contributed by atoms with Crippen molar-refractivity contribution in [3.8, 4) is 22.5 Å². The first-order valence-corrected chi connectivity index (χ1v) is 11.7. The van der Waals surface area contributed by atoms with E-state index in [1.165, 1.54) is 13.1 Å². The topological polar surface area (TPSA) is 153 Å². The largest absolute Gasteiger partial charge is 0.480 e. The van der Waals surface area contributed by atoms with E-state index in [0.29, 0.717) is 16.7 Å². The number of nitrogens with zero attached hydrogens (tertiary/aromatic N) is 4. The summed E-state index contributed by atoms with van der Waals surface area (Å²) in [5, 5.41) is 27.0. The number of benzene rings is 3. The zero-order valence-electron chi connectivity index (χ0n) is 20.5. The van der Waals surface area contributed by atoms with Crippen LogP contribution in [0.5, 0.6) is 0 Å². The van der Waals surface area contributed by atoms with Crippen molar-refractivity contribution in [2.75, 3.05) is 24.2 Å². The van der Waals surface area contributed by atoms with Crippen molar-refractivity contribution < 1.29 is 32.7 Å². The average molecular weight is 574 g/mol. The number of carboxylic acids is 1. The Bertz CT molecular complexity index is 1560. The van der Waals surface area contributed by atoms with E-state index in [-0.39, 0.29) is 22.8 Å². The van der Waals surface area contributed by atoms with Crippen LogP contribution in [0.1, 0.15) is 15.9 Å². The minimum Gasteiger partial charge on any atom is -0.480 e. The molecule has 1 heterocycles. The first-order valence-electron chi connectivity index (χ1n) is 11.3. The standard InChI is InChI=1S/C25H19ClF3N7O4/c1-36(12-21(37)38)23(39)14-4-2-13(3-5-14)15-6-9-20(17(10-15)22-32-34-35-33-22)31-24(40)30-16-7-8-19(26)18(11-16)25(27,28)29/h2-11H,12H2,1H3,(H,37,38)(H2,30,31,40)(H,32,33,34,35). The van der Waals surface area contributed by atoms with Crippen molar-refractivity contribution in [3.05, 3.63) is 76.8 Å². The SMILES string of the molecule is CN(CC(=O)O)C(=O)c1ccc(-c2ccc(NC(=O)Nc3ccc(Cl)c(C(F)(F)F)c3)c(-c3nn[nH]n3)c2)cc1. The number of carbonyl (C=O) groups is 3. The summed E-state index contributed by atoms with van der Waals surface area (Å²) in [5.41, 5.74) is 0.970. The van der Waals surface area contributed by atoms with E-state index in [4.69, 9.17) is 16.7 Å². The Morgan fingerprint density at radius 1 is 1.00 bits per heavy atom. The Balaban J connectivity index is 1.57. The van der Waals surface area contributed by atoms with Crippen LogP contribution in [0, 0.1) is 0 Å². The van der Waals surface area contributed by atoms with Crippen molar-refractivity contribution in [3.63, 3.8) is 0 Å². The quantitative estimate of drug-likeness (QED) is 0.242. The molecule has 0 unspecified atom stereocenters. The van der Waals surface area contributed by atoms with Gasteiger partial charge in [-0.1, -0.05) is 29.8 Å². The van der Waals surface area contributed by atoms with Crippen molar-refractivity contribution in [2.24, 2.45) is 0 Å². The normalized spacial score (nSPS) is 11.1. The molecule has 0 radical (unpaired) electrons. The first-order chi connectivity index (χ1) is 18.9. The summed E-state index contributed by atoms with van der Waals surface area (Å²) >= 11 is 5.63. The minimum absolute atomic E-state index is 0.129. The number of rotatable bonds is 7. The number of carbonyl (C=O) groups excluding carboxylic acids is 2. The molecule has 0 saturated heterocycles. The molecule has 0 aliphatic carbocycles. The molecule has 4 rings (SSSR count). The van der Waals surface area contributed by atoms with Crippen LogP contribution in [-0.4, -0.2) is 62.1 Å². The van der Waals surface area contributed by atoms with Crippen LogP contribution in [0.4, 0.5) is 29.3 Å². The number of amides is 3. The van der Waals surface area contributed by atoms with Crippen LogP contribution < -0.4 is 10.6 Å². The molecule has 0 spiro atoms. The number of tetrazole rings is 1. The number of carboxylic acid groups (broad SMARTS) is 1. The molecule has 0 saturated carbocycles. The molecule has 0 aliphatic heterocycles. The number of nitrogens with one attached hydrogen (secondary N) is 3. The van der Waals surface area contributed by atoms with Crippen molar-refractivity contribution in [1.29, 1.82) is 0 Å². The number of anilines is 2. The molecular weight excluding hydrogens is 555 g/mol. The number of urea groups is 1. The maximum absolute atomic E-state index is 13.2. The number of hydrogen-bond acceptors (Lipinski definition) is 6. The Morgan fingerprint density at radius 2 is 1.70 bits per heavy atom. The summed E-state index contributed by atoms with van der Waals surface area (Å²) in [7, 11) is 1.38. The molecule has 11 nitrogen and oxygen atoms in total. The van der Waals surface area contributed by atoms with Crippen LogP contribution in [-0.2, 0) is 11.0 Å². The second-order valence-corrected chi connectivity index (χ2v) is 8.81. The van der Waals surface area contributed by atoms with Gasteiger partial charge in [0.2, 0.25) is 5.82 Å². The lowest BCUT2D eigenvalue weighted by atomic mass is 10.00. The zero-order valence-corrected chi connectivity index (χ0v) is 21.2. The molecule has 4 N–H and O–H groups in total. The lowest BCUT2D eigenvalue weighted by molar-refractivity contribution is -0.138. The fourth-order valence-electron chi connectivity index (χ4n) is 3.70. The van der Waals surface area contributed by atoms with Gasteiger partial charge in [-0.3, -0.25) is 9.59 Å². The lowest BCUT2D eigenvalue weighted by Crippen LogP contribution is -2.31. The number of alkyl halides is 3. The predicted octanol–water partition coefficient (Wildman–Crippen LogP) is 5.01. The highest BCUT2D eigenvalue weighted by Gasteiger charge is 2.33. The number of H-pyrrole nitrogens is 1. The summed E-state index contributed by atoms with van der Waals surface area (Å²) in [6.07, 6.45) is -4.70. The van der Waals surface area contributed by atoms with Gasteiger partial charge in [-0.2, -0.15) is 18.4 Å². The van der Waals surface area contributed by atoms with E-state index in [1.807, 2.05) is 0 Å². The van der Waals surface area contributed by atoms with Gasteiger partial charge in [0.15, 0.2) is 0 Å². The number of aliphatic carboxylic acids is 1. The van der Waals surface area contributed by atoms with Gasteiger partial charge in [-0.15, -0.1) is 10.2 Å². The number of hydrogen-bond donors (Lipinski definition) is 4. The molecule has 206 valence electrons.